The van der Waals surface area contributed by atoms with Gasteiger partial charge in [0.2, 0.25) is 0 Å². The molecule has 1 saturated carbocycles. The number of ether oxygens (including phenoxy) is 1. The van der Waals surface area contributed by atoms with E-state index in [-0.39, 0.29) is 23.5 Å². The van der Waals surface area contributed by atoms with Crippen LogP contribution >= 0.6 is 0 Å². The molecule has 2 N–H and O–H groups in total. The Labute approximate surface area is 110 Å². The third-order valence-corrected chi connectivity index (χ3v) is 3.61. The zero-order chi connectivity index (χ0) is 14.0. The van der Waals surface area contributed by atoms with Gasteiger partial charge >= 0.3 is 5.69 Å². The molecule has 1 fully saturated rings. The fourth-order valence-electron chi connectivity index (χ4n) is 2.47. The summed E-state index contributed by atoms with van der Waals surface area (Å²) in [5.74, 6) is -0.250. The molecule has 2 unspecified atom stereocenters. The van der Waals surface area contributed by atoms with Gasteiger partial charge in [-0.1, -0.05) is 0 Å². The van der Waals surface area contributed by atoms with Crippen molar-refractivity contribution in [2.24, 2.45) is 11.7 Å². The molecule has 19 heavy (non-hydrogen) atoms. The maximum Gasteiger partial charge on any atom is 0.313 e. The van der Waals surface area contributed by atoms with Crippen molar-refractivity contribution >= 4 is 5.69 Å². The van der Waals surface area contributed by atoms with Crippen molar-refractivity contribution in [3.05, 3.63) is 33.6 Å². The van der Waals surface area contributed by atoms with Gasteiger partial charge in [0.05, 0.1) is 11.0 Å². The number of hydrogen-bond donors (Lipinski definition) is 1. The quantitative estimate of drug-likeness (QED) is 0.672. The van der Waals surface area contributed by atoms with Gasteiger partial charge in [0.15, 0.2) is 5.75 Å². The average Bonchev–Trinajstić information content (AvgIpc) is 2.80. The fourth-order valence-corrected chi connectivity index (χ4v) is 2.47. The van der Waals surface area contributed by atoms with E-state index < -0.39 is 10.7 Å². The monoisotopic (exact) mass is 268 g/mol. The number of nitrogens with two attached hydrogens (primary N) is 1. The molecule has 1 aliphatic carbocycles. The molecule has 6 heteroatoms. The van der Waals surface area contributed by atoms with Crippen LogP contribution in [0.2, 0.25) is 0 Å². The molecule has 0 saturated heterocycles. The molecule has 104 valence electrons. The first-order chi connectivity index (χ1) is 9.02. The molecule has 0 amide bonds. The number of rotatable bonds is 4. The first-order valence-corrected chi connectivity index (χ1v) is 6.34. The normalized spacial score (nSPS) is 22.5. The Balaban J connectivity index is 2.28. The van der Waals surface area contributed by atoms with E-state index in [0.29, 0.717) is 12.1 Å². The first kappa shape index (κ1) is 13.7. The Morgan fingerprint density at radius 2 is 2.26 bits per heavy atom. The molecule has 0 aliphatic heterocycles. The van der Waals surface area contributed by atoms with Crippen molar-refractivity contribution < 1.29 is 14.1 Å². The molecule has 1 aliphatic rings. The molecule has 1 aromatic rings. The summed E-state index contributed by atoms with van der Waals surface area (Å²) in [5.41, 5.74) is 5.66. The molecule has 2 rings (SSSR count). The van der Waals surface area contributed by atoms with Crippen LogP contribution < -0.4 is 10.5 Å². The van der Waals surface area contributed by atoms with E-state index in [1.807, 2.05) is 0 Å². The minimum absolute atomic E-state index is 0.117. The Morgan fingerprint density at radius 3 is 2.89 bits per heavy atom. The molecule has 0 heterocycles. The van der Waals surface area contributed by atoms with E-state index in [4.69, 9.17) is 10.5 Å². The summed E-state index contributed by atoms with van der Waals surface area (Å²) in [6.07, 6.45) is 2.68. The van der Waals surface area contributed by atoms with Crippen LogP contribution in [0.15, 0.2) is 12.1 Å². The summed E-state index contributed by atoms with van der Waals surface area (Å²) in [5, 5.41) is 10.9. The lowest BCUT2D eigenvalue weighted by Gasteiger charge is -2.20. The van der Waals surface area contributed by atoms with Crippen LogP contribution in [-0.4, -0.2) is 17.6 Å². The van der Waals surface area contributed by atoms with E-state index >= 15 is 0 Å². The molecular weight excluding hydrogens is 251 g/mol. The second-order valence-electron chi connectivity index (χ2n) is 4.91. The van der Waals surface area contributed by atoms with Crippen molar-refractivity contribution in [2.45, 2.75) is 32.3 Å². The summed E-state index contributed by atoms with van der Waals surface area (Å²) >= 11 is 0. The van der Waals surface area contributed by atoms with Crippen molar-refractivity contribution in [1.29, 1.82) is 0 Å². The number of aryl methyl sites for hydroxylation is 1. The number of hydrogen-bond acceptors (Lipinski definition) is 4. The van der Waals surface area contributed by atoms with E-state index in [9.17, 15) is 14.5 Å². The summed E-state index contributed by atoms with van der Waals surface area (Å²) in [7, 11) is 0. The van der Waals surface area contributed by atoms with Crippen LogP contribution in [0.4, 0.5) is 10.1 Å². The zero-order valence-corrected chi connectivity index (χ0v) is 10.8. The lowest BCUT2D eigenvalue weighted by atomic mass is 10.1. The molecule has 0 bridgehead atoms. The SMILES string of the molecule is Cc1cc(OC2CCCC2CN)c([N+](=O)[O-])cc1F. The van der Waals surface area contributed by atoms with Crippen LogP contribution in [0.5, 0.6) is 5.75 Å². The van der Waals surface area contributed by atoms with Crippen molar-refractivity contribution in [2.75, 3.05) is 6.54 Å². The third-order valence-electron chi connectivity index (χ3n) is 3.61. The average molecular weight is 268 g/mol. The Bertz CT molecular complexity index is 493. The minimum atomic E-state index is -0.621. The Hall–Kier alpha value is -1.69. The van der Waals surface area contributed by atoms with Crippen LogP contribution in [0.25, 0.3) is 0 Å². The van der Waals surface area contributed by atoms with Crippen molar-refractivity contribution in [1.82, 2.24) is 0 Å². The zero-order valence-electron chi connectivity index (χ0n) is 10.8. The van der Waals surface area contributed by atoms with Gasteiger partial charge in [-0.25, -0.2) is 4.39 Å². The van der Waals surface area contributed by atoms with Crippen molar-refractivity contribution in [3.63, 3.8) is 0 Å². The molecule has 2 atom stereocenters. The van der Waals surface area contributed by atoms with Gasteiger partial charge in [-0.15, -0.1) is 0 Å². The molecule has 5 nitrogen and oxygen atoms in total. The number of benzene rings is 1. The summed E-state index contributed by atoms with van der Waals surface area (Å²) < 4.78 is 19.1. The highest BCUT2D eigenvalue weighted by Gasteiger charge is 2.30. The van der Waals surface area contributed by atoms with E-state index in [2.05, 4.69) is 0 Å². The Morgan fingerprint density at radius 1 is 1.53 bits per heavy atom. The minimum Gasteiger partial charge on any atom is -0.483 e. The lowest BCUT2D eigenvalue weighted by molar-refractivity contribution is -0.386. The second kappa shape index (κ2) is 5.52. The Kier molecular flexibility index (Phi) is 3.99. The van der Waals surface area contributed by atoms with Gasteiger partial charge in [-0.05, 0) is 44.4 Å². The second-order valence-corrected chi connectivity index (χ2v) is 4.91. The van der Waals surface area contributed by atoms with Crippen LogP contribution in [0.3, 0.4) is 0 Å². The maximum atomic E-state index is 13.4. The van der Waals surface area contributed by atoms with Gasteiger partial charge in [0, 0.05) is 5.92 Å². The highest BCUT2D eigenvalue weighted by atomic mass is 19.1. The molecule has 0 radical (unpaired) electrons. The fraction of sp³-hybridized carbons (Fsp3) is 0.538. The highest BCUT2D eigenvalue weighted by Crippen LogP contribution is 2.35. The predicted molar refractivity (Wildman–Crippen MR) is 68.6 cm³/mol. The molecule has 0 spiro atoms. The molecule has 0 aromatic heterocycles. The van der Waals surface area contributed by atoms with Crippen LogP contribution in [0.1, 0.15) is 24.8 Å². The standard InChI is InChI=1S/C13H17FN2O3/c1-8-5-13(11(16(17)18)6-10(8)14)19-12-4-2-3-9(12)7-15/h5-6,9,12H,2-4,7,15H2,1H3. The van der Waals surface area contributed by atoms with E-state index in [0.717, 1.165) is 25.3 Å². The van der Waals surface area contributed by atoms with Crippen LogP contribution in [-0.2, 0) is 0 Å². The summed E-state index contributed by atoms with van der Waals surface area (Å²) in [6.45, 7) is 2.06. The number of nitro benzene ring substituents is 1. The summed E-state index contributed by atoms with van der Waals surface area (Å²) in [4.78, 5) is 10.3. The van der Waals surface area contributed by atoms with Gasteiger partial charge in [-0.2, -0.15) is 0 Å². The van der Waals surface area contributed by atoms with Gasteiger partial charge in [-0.3, -0.25) is 10.1 Å². The largest absolute Gasteiger partial charge is 0.483 e. The lowest BCUT2D eigenvalue weighted by Crippen LogP contribution is -2.27. The third kappa shape index (κ3) is 2.84. The van der Waals surface area contributed by atoms with Gasteiger partial charge in [0.1, 0.15) is 11.9 Å². The predicted octanol–water partition coefficient (Wildman–Crippen LogP) is 2.55. The van der Waals surface area contributed by atoms with Gasteiger partial charge < -0.3 is 10.5 Å². The number of nitro groups is 1. The maximum absolute atomic E-state index is 13.4. The smallest absolute Gasteiger partial charge is 0.313 e. The van der Waals surface area contributed by atoms with Crippen molar-refractivity contribution in [3.8, 4) is 5.75 Å². The van der Waals surface area contributed by atoms with Crippen LogP contribution in [0, 0.1) is 28.8 Å². The highest BCUT2D eigenvalue weighted by molar-refractivity contribution is 5.49. The topological polar surface area (TPSA) is 78.4 Å². The van der Waals surface area contributed by atoms with E-state index in [1.54, 1.807) is 6.92 Å². The molecular formula is C13H17FN2O3. The van der Waals surface area contributed by atoms with E-state index in [1.165, 1.54) is 6.07 Å². The first-order valence-electron chi connectivity index (χ1n) is 6.34. The van der Waals surface area contributed by atoms with Gasteiger partial charge in [0.25, 0.3) is 0 Å². The number of halogens is 1. The summed E-state index contributed by atoms with van der Waals surface area (Å²) in [6, 6.07) is 2.30. The molecule has 1 aromatic carbocycles. The number of nitrogens with zero attached hydrogens (tertiary/aromatic N) is 1.